The number of hydrogen-bond donors (Lipinski definition) is 1. The number of benzene rings is 2. The third-order valence-corrected chi connectivity index (χ3v) is 6.18. The van der Waals surface area contributed by atoms with Gasteiger partial charge in [-0.1, -0.05) is 36.4 Å². The summed E-state index contributed by atoms with van der Waals surface area (Å²) in [4.78, 5) is 24.0. The molecule has 33 heavy (non-hydrogen) atoms. The fourth-order valence-electron chi connectivity index (χ4n) is 4.39. The number of nitrogens with one attached hydrogen (secondary N) is 1. The fourth-order valence-corrected chi connectivity index (χ4v) is 4.39. The number of likely N-dealkylation sites (tertiary alicyclic amines) is 1. The Hall–Kier alpha value is -3.64. The molecule has 1 amide bonds. The van der Waals surface area contributed by atoms with Crippen molar-refractivity contribution >= 4 is 16.8 Å². The zero-order valence-electron chi connectivity index (χ0n) is 18.2. The van der Waals surface area contributed by atoms with Crippen molar-refractivity contribution in [2.24, 2.45) is 0 Å². The van der Waals surface area contributed by atoms with Crippen LogP contribution < -0.4 is 5.32 Å². The van der Waals surface area contributed by atoms with Gasteiger partial charge in [-0.2, -0.15) is 0 Å². The highest BCUT2D eigenvalue weighted by Gasteiger charge is 2.22. The van der Waals surface area contributed by atoms with Crippen molar-refractivity contribution < 1.29 is 9.18 Å². The predicted octanol–water partition coefficient (Wildman–Crippen LogP) is 4.83. The molecule has 5 rings (SSSR count). The zero-order chi connectivity index (χ0) is 22.6. The maximum Gasteiger partial charge on any atom is 0.253 e. The van der Waals surface area contributed by atoms with Gasteiger partial charge in [-0.15, -0.1) is 0 Å². The number of piperidine rings is 1. The van der Waals surface area contributed by atoms with Crippen molar-refractivity contribution in [1.82, 2.24) is 20.2 Å². The highest BCUT2D eigenvalue weighted by atomic mass is 19.1. The van der Waals surface area contributed by atoms with Crippen LogP contribution in [-0.4, -0.2) is 39.9 Å². The first-order valence-electron chi connectivity index (χ1n) is 11.2. The van der Waals surface area contributed by atoms with E-state index >= 15 is 0 Å². The van der Waals surface area contributed by atoms with E-state index in [1.165, 1.54) is 17.7 Å². The minimum Gasteiger partial charge on any atom is -0.349 e. The van der Waals surface area contributed by atoms with Crippen molar-refractivity contribution in [2.75, 3.05) is 13.1 Å². The summed E-state index contributed by atoms with van der Waals surface area (Å²) in [6, 6.07) is 20.3. The summed E-state index contributed by atoms with van der Waals surface area (Å²) in [5.74, 6) is -0.427. The van der Waals surface area contributed by atoms with Gasteiger partial charge in [0.25, 0.3) is 5.91 Å². The Bertz CT molecular complexity index is 1260. The summed E-state index contributed by atoms with van der Waals surface area (Å²) in [7, 11) is 0. The molecule has 0 radical (unpaired) electrons. The van der Waals surface area contributed by atoms with Crippen molar-refractivity contribution in [3.05, 3.63) is 96.1 Å². The normalized spacial score (nSPS) is 14.9. The first kappa shape index (κ1) is 21.2. The molecule has 1 N–H and O–H groups in total. The SMILES string of the molecule is O=C(NC1CCN(Cc2cccc3cccnc23)CC1)c1ccc(-c2cccc(F)c2)nc1. The van der Waals surface area contributed by atoms with E-state index in [9.17, 15) is 9.18 Å². The topological polar surface area (TPSA) is 58.1 Å². The van der Waals surface area contributed by atoms with Crippen molar-refractivity contribution in [1.29, 1.82) is 0 Å². The second kappa shape index (κ2) is 9.46. The van der Waals surface area contributed by atoms with E-state index in [0.717, 1.165) is 43.4 Å². The van der Waals surface area contributed by atoms with E-state index in [-0.39, 0.29) is 17.8 Å². The van der Waals surface area contributed by atoms with E-state index in [4.69, 9.17) is 0 Å². The number of halogens is 1. The van der Waals surface area contributed by atoms with Gasteiger partial charge in [0.05, 0.1) is 16.8 Å². The fraction of sp³-hybridized carbons (Fsp3) is 0.222. The molecule has 1 aliphatic rings. The second-order valence-electron chi connectivity index (χ2n) is 8.46. The van der Waals surface area contributed by atoms with Crippen LogP contribution in [0.25, 0.3) is 22.2 Å². The molecule has 0 unspecified atom stereocenters. The summed E-state index contributed by atoms with van der Waals surface area (Å²) < 4.78 is 13.4. The Kier molecular flexibility index (Phi) is 6.09. The lowest BCUT2D eigenvalue weighted by atomic mass is 10.0. The van der Waals surface area contributed by atoms with E-state index in [1.54, 1.807) is 30.5 Å². The summed E-state index contributed by atoms with van der Waals surface area (Å²) in [6.45, 7) is 2.70. The number of fused-ring (bicyclic) bond motifs is 1. The molecule has 2 aromatic heterocycles. The lowest BCUT2D eigenvalue weighted by Crippen LogP contribution is -2.44. The van der Waals surface area contributed by atoms with Crippen molar-refractivity contribution in [2.45, 2.75) is 25.4 Å². The molecule has 0 atom stereocenters. The summed E-state index contributed by atoms with van der Waals surface area (Å²) >= 11 is 0. The van der Waals surface area contributed by atoms with Crippen LogP contribution in [0.5, 0.6) is 0 Å². The first-order valence-corrected chi connectivity index (χ1v) is 11.2. The second-order valence-corrected chi connectivity index (χ2v) is 8.46. The van der Waals surface area contributed by atoms with Gasteiger partial charge in [0.2, 0.25) is 0 Å². The van der Waals surface area contributed by atoms with E-state index in [2.05, 4.69) is 44.5 Å². The Labute approximate surface area is 192 Å². The number of pyridine rings is 2. The molecule has 0 bridgehead atoms. The molecule has 2 aromatic carbocycles. The molecule has 4 aromatic rings. The van der Waals surface area contributed by atoms with Crippen molar-refractivity contribution in [3.8, 4) is 11.3 Å². The van der Waals surface area contributed by atoms with Crippen LogP contribution in [0, 0.1) is 5.82 Å². The van der Waals surface area contributed by atoms with Crippen LogP contribution in [0.15, 0.2) is 79.1 Å². The van der Waals surface area contributed by atoms with Crippen LogP contribution in [0.4, 0.5) is 4.39 Å². The lowest BCUT2D eigenvalue weighted by Gasteiger charge is -2.32. The molecule has 1 saturated heterocycles. The quantitative estimate of drug-likeness (QED) is 0.483. The van der Waals surface area contributed by atoms with Crippen LogP contribution in [0.3, 0.4) is 0 Å². The van der Waals surface area contributed by atoms with Crippen LogP contribution in [0.2, 0.25) is 0 Å². The minimum atomic E-state index is -0.306. The predicted molar refractivity (Wildman–Crippen MR) is 127 cm³/mol. The van der Waals surface area contributed by atoms with Gasteiger partial charge in [-0.3, -0.25) is 19.7 Å². The standard InChI is InChI=1S/C27H25FN4O/c28-23-8-2-5-20(16-23)25-10-9-21(17-30-25)27(33)31-24-11-14-32(15-12-24)18-22-6-1-4-19-7-3-13-29-26(19)22/h1-10,13,16-17,24H,11-12,14-15,18H2,(H,31,33). The number of nitrogens with zero attached hydrogens (tertiary/aromatic N) is 3. The molecule has 6 heteroatoms. The Morgan fingerprint density at radius 3 is 2.61 bits per heavy atom. The van der Waals surface area contributed by atoms with Gasteiger partial charge in [-0.05, 0) is 48.7 Å². The smallest absolute Gasteiger partial charge is 0.253 e. The number of carbonyl (C=O) groups is 1. The number of rotatable bonds is 5. The van der Waals surface area contributed by atoms with Gasteiger partial charge >= 0.3 is 0 Å². The summed E-state index contributed by atoms with van der Waals surface area (Å²) in [5, 5.41) is 4.30. The Morgan fingerprint density at radius 2 is 1.82 bits per heavy atom. The zero-order valence-corrected chi connectivity index (χ0v) is 18.2. The third-order valence-electron chi connectivity index (χ3n) is 6.18. The van der Waals surface area contributed by atoms with Crippen LogP contribution in [0.1, 0.15) is 28.8 Å². The van der Waals surface area contributed by atoms with Crippen LogP contribution >= 0.6 is 0 Å². The van der Waals surface area contributed by atoms with E-state index in [1.807, 2.05) is 12.3 Å². The number of aromatic nitrogens is 2. The molecule has 166 valence electrons. The molecule has 0 spiro atoms. The number of carbonyl (C=O) groups excluding carboxylic acids is 1. The monoisotopic (exact) mass is 440 g/mol. The third kappa shape index (κ3) is 4.91. The molecular weight excluding hydrogens is 415 g/mol. The summed E-state index contributed by atoms with van der Waals surface area (Å²) in [5.41, 5.74) is 4.14. The van der Waals surface area contributed by atoms with Gasteiger partial charge in [0, 0.05) is 49.0 Å². The Balaban J connectivity index is 1.16. The number of hydrogen-bond acceptors (Lipinski definition) is 4. The van der Waals surface area contributed by atoms with E-state index in [0.29, 0.717) is 16.8 Å². The molecule has 0 aliphatic carbocycles. The summed E-state index contributed by atoms with van der Waals surface area (Å²) in [6.07, 6.45) is 5.20. The molecular formula is C27H25FN4O. The molecule has 3 heterocycles. The average Bonchev–Trinajstić information content (AvgIpc) is 2.85. The van der Waals surface area contributed by atoms with Crippen molar-refractivity contribution in [3.63, 3.8) is 0 Å². The lowest BCUT2D eigenvalue weighted by molar-refractivity contribution is 0.0908. The maximum absolute atomic E-state index is 13.4. The van der Waals surface area contributed by atoms with E-state index < -0.39 is 0 Å². The molecule has 1 fully saturated rings. The van der Waals surface area contributed by atoms with Gasteiger partial charge in [0.1, 0.15) is 5.82 Å². The minimum absolute atomic E-state index is 0.120. The molecule has 0 saturated carbocycles. The van der Waals surface area contributed by atoms with Gasteiger partial charge < -0.3 is 5.32 Å². The van der Waals surface area contributed by atoms with Gasteiger partial charge in [-0.25, -0.2) is 4.39 Å². The van der Waals surface area contributed by atoms with Crippen LogP contribution in [-0.2, 0) is 6.54 Å². The molecule has 1 aliphatic heterocycles. The number of para-hydroxylation sites is 1. The largest absolute Gasteiger partial charge is 0.349 e. The highest BCUT2D eigenvalue weighted by molar-refractivity contribution is 5.94. The molecule has 5 nitrogen and oxygen atoms in total. The first-order chi connectivity index (χ1) is 16.2. The maximum atomic E-state index is 13.4. The highest BCUT2D eigenvalue weighted by Crippen LogP contribution is 2.21. The van der Waals surface area contributed by atoms with Gasteiger partial charge in [0.15, 0.2) is 0 Å². The Morgan fingerprint density at radius 1 is 1.00 bits per heavy atom. The number of amides is 1. The average molecular weight is 441 g/mol.